The second-order valence-electron chi connectivity index (χ2n) is 8.04. The van der Waals surface area contributed by atoms with Gasteiger partial charge in [0.1, 0.15) is 5.75 Å². The van der Waals surface area contributed by atoms with E-state index in [1.165, 1.54) is 0 Å². The number of ether oxygens (including phenoxy) is 1. The van der Waals surface area contributed by atoms with Crippen LogP contribution in [0.25, 0.3) is 0 Å². The summed E-state index contributed by atoms with van der Waals surface area (Å²) in [5, 5.41) is -0.0798. The Morgan fingerprint density at radius 2 is 1.59 bits per heavy atom. The maximum Gasteiger partial charge on any atom is 0.240 e. The number of benzene rings is 3. The van der Waals surface area contributed by atoms with Crippen molar-refractivity contribution in [3.05, 3.63) is 115 Å². The van der Waals surface area contributed by atoms with Crippen LogP contribution < -0.4 is 9.46 Å². The van der Waals surface area contributed by atoms with Gasteiger partial charge in [-0.05, 0) is 55.3 Å². The lowest BCUT2D eigenvalue weighted by molar-refractivity contribution is 0.414. The molecule has 0 aliphatic rings. The van der Waals surface area contributed by atoms with E-state index in [4.69, 9.17) is 4.74 Å². The van der Waals surface area contributed by atoms with E-state index in [1.54, 1.807) is 43.1 Å². The summed E-state index contributed by atoms with van der Waals surface area (Å²) >= 11 is 1.65. The molecule has 0 saturated heterocycles. The maximum absolute atomic E-state index is 13.3. The first-order chi connectivity index (χ1) is 16.4. The number of hydrogen-bond donors (Lipinski definition) is 1. The molecule has 3 atom stereocenters. The van der Waals surface area contributed by atoms with Crippen molar-refractivity contribution in [3.8, 4) is 5.75 Å². The highest BCUT2D eigenvalue weighted by molar-refractivity contribution is 8.00. The van der Waals surface area contributed by atoms with Crippen LogP contribution >= 0.6 is 11.8 Å². The van der Waals surface area contributed by atoms with E-state index in [2.05, 4.69) is 17.9 Å². The fourth-order valence-corrected chi connectivity index (χ4v) is 6.18. The fourth-order valence-electron chi connectivity index (χ4n) is 3.72. The van der Waals surface area contributed by atoms with Crippen LogP contribution in [0.2, 0.25) is 0 Å². The number of rotatable bonds is 12. The third-order valence-corrected chi connectivity index (χ3v) is 8.45. The van der Waals surface area contributed by atoms with Gasteiger partial charge in [0.15, 0.2) is 0 Å². The van der Waals surface area contributed by atoms with E-state index in [0.29, 0.717) is 6.42 Å². The number of thioether (sulfide) groups is 1. The maximum atomic E-state index is 13.3. The molecule has 1 N–H and O–H groups in total. The lowest BCUT2D eigenvalue weighted by Gasteiger charge is -2.30. The number of nitrogens with one attached hydrogen (secondary N) is 1. The molecule has 0 radical (unpaired) electrons. The molecule has 0 aromatic heterocycles. The van der Waals surface area contributed by atoms with E-state index in [9.17, 15) is 8.42 Å². The SMILES string of the molecule is C=CC(Sc1ccccc1)[C@@H](C=C)[C@@H](Cc1ccc(OC)cc1)NS(=O)(=O)c1ccc(C)cc1. The summed E-state index contributed by atoms with van der Waals surface area (Å²) in [4.78, 5) is 1.33. The molecule has 0 spiro atoms. The van der Waals surface area contributed by atoms with Crippen molar-refractivity contribution >= 4 is 21.8 Å². The molecule has 6 heteroatoms. The summed E-state index contributed by atoms with van der Waals surface area (Å²) < 4.78 is 34.9. The summed E-state index contributed by atoms with van der Waals surface area (Å²) in [6, 6.07) is 24.1. The van der Waals surface area contributed by atoms with Gasteiger partial charge in [-0.2, -0.15) is 0 Å². The Balaban J connectivity index is 1.94. The molecule has 3 aromatic carbocycles. The third kappa shape index (κ3) is 6.86. The minimum Gasteiger partial charge on any atom is -0.497 e. The van der Waals surface area contributed by atoms with Crippen molar-refractivity contribution in [2.45, 2.75) is 34.4 Å². The van der Waals surface area contributed by atoms with E-state index in [1.807, 2.05) is 73.7 Å². The highest BCUT2D eigenvalue weighted by Gasteiger charge is 2.30. The zero-order valence-corrected chi connectivity index (χ0v) is 21.2. The Morgan fingerprint density at radius 1 is 0.941 bits per heavy atom. The first kappa shape index (κ1) is 25.8. The second kappa shape index (κ2) is 12.1. The smallest absolute Gasteiger partial charge is 0.240 e. The molecule has 0 saturated carbocycles. The Bertz CT molecular complexity index is 1170. The molecule has 1 unspecified atom stereocenters. The number of aryl methyl sites for hydroxylation is 1. The molecule has 0 aliphatic heterocycles. The molecular formula is C28H31NO3S2. The van der Waals surface area contributed by atoms with Gasteiger partial charge < -0.3 is 4.74 Å². The van der Waals surface area contributed by atoms with Gasteiger partial charge in [-0.3, -0.25) is 0 Å². The molecule has 178 valence electrons. The van der Waals surface area contributed by atoms with Gasteiger partial charge in [0.25, 0.3) is 0 Å². The van der Waals surface area contributed by atoms with Crippen LogP contribution in [-0.2, 0) is 16.4 Å². The van der Waals surface area contributed by atoms with Crippen molar-refractivity contribution in [2.24, 2.45) is 5.92 Å². The highest BCUT2D eigenvalue weighted by Crippen LogP contribution is 2.33. The average molecular weight is 494 g/mol. The van der Waals surface area contributed by atoms with Gasteiger partial charge in [-0.1, -0.05) is 60.2 Å². The van der Waals surface area contributed by atoms with E-state index in [0.717, 1.165) is 21.8 Å². The predicted molar refractivity (Wildman–Crippen MR) is 142 cm³/mol. The first-order valence-corrected chi connectivity index (χ1v) is 13.4. The molecule has 0 bridgehead atoms. The van der Waals surface area contributed by atoms with Gasteiger partial charge in [0, 0.05) is 22.1 Å². The van der Waals surface area contributed by atoms with Gasteiger partial charge in [0.2, 0.25) is 10.0 Å². The zero-order chi connectivity index (χ0) is 24.6. The monoisotopic (exact) mass is 493 g/mol. The van der Waals surface area contributed by atoms with E-state index < -0.39 is 16.1 Å². The van der Waals surface area contributed by atoms with Gasteiger partial charge >= 0.3 is 0 Å². The summed E-state index contributed by atoms with van der Waals surface area (Å²) in [5.74, 6) is 0.550. The number of sulfonamides is 1. The number of methoxy groups -OCH3 is 1. The van der Waals surface area contributed by atoms with Crippen molar-refractivity contribution < 1.29 is 13.2 Å². The van der Waals surface area contributed by atoms with Crippen molar-refractivity contribution in [3.63, 3.8) is 0 Å². The third-order valence-electron chi connectivity index (χ3n) is 5.62. The van der Waals surface area contributed by atoms with Gasteiger partial charge in [0.05, 0.1) is 12.0 Å². The lowest BCUT2D eigenvalue weighted by Crippen LogP contribution is -2.44. The molecule has 0 aliphatic carbocycles. The van der Waals surface area contributed by atoms with E-state index >= 15 is 0 Å². The van der Waals surface area contributed by atoms with Crippen LogP contribution in [0.4, 0.5) is 0 Å². The molecular weight excluding hydrogens is 462 g/mol. The average Bonchev–Trinajstić information content (AvgIpc) is 2.85. The standard InChI is InChI=1S/C28H31NO3S2/c1-5-26(28(6-2)33-24-10-8-7-9-11-24)27(20-22-14-16-23(32-4)17-15-22)29-34(30,31)25-18-12-21(3)13-19-25/h5-19,26-29H,1-2,20H2,3-4H3/t26-,27+,28?/m0/s1. The second-order valence-corrected chi connectivity index (χ2v) is 11.0. The minimum atomic E-state index is -3.74. The van der Waals surface area contributed by atoms with Crippen LogP contribution in [-0.4, -0.2) is 26.8 Å². The number of hydrogen-bond acceptors (Lipinski definition) is 4. The normalized spacial score (nSPS) is 14.1. The molecule has 3 aromatic rings. The van der Waals surface area contributed by atoms with Crippen LogP contribution in [0, 0.1) is 12.8 Å². The summed E-state index contributed by atoms with van der Waals surface area (Å²) in [5.41, 5.74) is 2.00. The Labute approximate surface area is 207 Å². The van der Waals surface area contributed by atoms with Crippen LogP contribution in [0.3, 0.4) is 0 Å². The molecule has 0 fully saturated rings. The zero-order valence-electron chi connectivity index (χ0n) is 19.6. The van der Waals surface area contributed by atoms with Crippen LogP contribution in [0.1, 0.15) is 11.1 Å². The molecule has 3 rings (SSSR count). The molecule has 34 heavy (non-hydrogen) atoms. The highest BCUT2D eigenvalue weighted by atomic mass is 32.2. The van der Waals surface area contributed by atoms with E-state index in [-0.39, 0.29) is 16.1 Å². The van der Waals surface area contributed by atoms with Crippen molar-refractivity contribution in [1.82, 2.24) is 4.72 Å². The predicted octanol–water partition coefficient (Wildman–Crippen LogP) is 6.04. The Hall–Kier alpha value is -2.80. The topological polar surface area (TPSA) is 55.4 Å². The Kier molecular flexibility index (Phi) is 9.16. The summed E-state index contributed by atoms with van der Waals surface area (Å²) in [6.45, 7) is 10.0. The quantitative estimate of drug-likeness (QED) is 0.247. The van der Waals surface area contributed by atoms with Gasteiger partial charge in [-0.25, -0.2) is 13.1 Å². The lowest BCUT2D eigenvalue weighted by atomic mass is 9.91. The van der Waals surface area contributed by atoms with Crippen molar-refractivity contribution in [1.29, 1.82) is 0 Å². The summed E-state index contributed by atoms with van der Waals surface area (Å²) in [7, 11) is -2.12. The van der Waals surface area contributed by atoms with Gasteiger partial charge in [-0.15, -0.1) is 24.9 Å². The van der Waals surface area contributed by atoms with Crippen LogP contribution in [0.15, 0.2) is 114 Å². The molecule has 4 nitrogen and oxygen atoms in total. The Morgan fingerprint density at radius 3 is 2.15 bits per heavy atom. The fraction of sp³-hybridized carbons (Fsp3) is 0.214. The van der Waals surface area contributed by atoms with Crippen LogP contribution in [0.5, 0.6) is 5.75 Å². The molecule has 0 amide bonds. The molecule has 0 heterocycles. The first-order valence-electron chi connectivity index (χ1n) is 11.0. The largest absolute Gasteiger partial charge is 0.497 e. The minimum absolute atomic E-state index is 0.0798. The summed E-state index contributed by atoms with van der Waals surface area (Å²) in [6.07, 6.45) is 4.19. The van der Waals surface area contributed by atoms with Crippen molar-refractivity contribution in [2.75, 3.05) is 7.11 Å².